The Morgan fingerprint density at radius 3 is 2.56 bits per heavy atom. The van der Waals surface area contributed by atoms with Crippen molar-refractivity contribution in [3.05, 3.63) is 11.4 Å². The molecular formula is C8H11ClN2O4S. The third-order valence-electron chi connectivity index (χ3n) is 1.86. The van der Waals surface area contributed by atoms with Gasteiger partial charge < -0.3 is 4.74 Å². The van der Waals surface area contributed by atoms with Gasteiger partial charge in [-0.2, -0.15) is 5.10 Å². The number of rotatable bonds is 4. The number of H-pyrrole nitrogens is 1. The van der Waals surface area contributed by atoms with Crippen molar-refractivity contribution in [3.8, 4) is 0 Å². The maximum atomic E-state index is 11.4. The molecule has 1 aromatic heterocycles. The van der Waals surface area contributed by atoms with Gasteiger partial charge in [-0.15, -0.1) is 0 Å². The first-order chi connectivity index (χ1) is 7.41. The summed E-state index contributed by atoms with van der Waals surface area (Å²) in [6.07, 6.45) is 0.369. The van der Waals surface area contributed by atoms with Crippen molar-refractivity contribution < 1.29 is 17.9 Å². The van der Waals surface area contributed by atoms with Gasteiger partial charge in [0.05, 0.1) is 12.3 Å². The van der Waals surface area contributed by atoms with Crippen LogP contribution >= 0.6 is 10.7 Å². The van der Waals surface area contributed by atoms with E-state index in [1.807, 2.05) is 0 Å². The molecule has 0 aliphatic carbocycles. The van der Waals surface area contributed by atoms with E-state index in [4.69, 9.17) is 10.7 Å². The third-order valence-corrected chi connectivity index (χ3v) is 3.25. The van der Waals surface area contributed by atoms with Crippen LogP contribution < -0.4 is 0 Å². The molecular weight excluding hydrogens is 256 g/mol. The minimum absolute atomic E-state index is 0.134. The average molecular weight is 267 g/mol. The highest BCUT2D eigenvalue weighted by molar-refractivity contribution is 8.13. The number of hydrogen-bond acceptors (Lipinski definition) is 5. The van der Waals surface area contributed by atoms with Crippen molar-refractivity contribution in [2.45, 2.75) is 25.2 Å². The Labute approximate surface area is 97.4 Å². The predicted octanol–water partition coefficient (Wildman–Crippen LogP) is 1.08. The maximum absolute atomic E-state index is 11.4. The van der Waals surface area contributed by atoms with E-state index in [2.05, 4.69) is 14.9 Å². The van der Waals surface area contributed by atoms with Crippen LogP contribution in [0.15, 0.2) is 4.90 Å². The van der Waals surface area contributed by atoms with Gasteiger partial charge in [0.2, 0.25) is 0 Å². The number of nitrogens with one attached hydrogen (secondary N) is 1. The summed E-state index contributed by atoms with van der Waals surface area (Å²) in [5.74, 6) is -0.808. The molecule has 0 unspecified atom stereocenters. The van der Waals surface area contributed by atoms with Crippen LogP contribution in [0.5, 0.6) is 0 Å². The summed E-state index contributed by atoms with van der Waals surface area (Å²) in [4.78, 5) is 11.1. The SMILES string of the molecule is CCOC(=O)c1n[nH]c(CC)c1S(=O)(=O)Cl. The predicted molar refractivity (Wildman–Crippen MR) is 57.0 cm³/mol. The first-order valence-corrected chi connectivity index (χ1v) is 6.91. The Hall–Kier alpha value is -1.08. The fraction of sp³-hybridized carbons (Fsp3) is 0.500. The zero-order chi connectivity index (χ0) is 12.3. The number of aromatic amines is 1. The van der Waals surface area contributed by atoms with E-state index in [9.17, 15) is 13.2 Å². The monoisotopic (exact) mass is 266 g/mol. The van der Waals surface area contributed by atoms with Gasteiger partial charge in [0.1, 0.15) is 4.90 Å². The molecule has 0 amide bonds. The Bertz CT molecular complexity index is 494. The molecule has 0 saturated heterocycles. The molecule has 16 heavy (non-hydrogen) atoms. The smallest absolute Gasteiger partial charge is 0.360 e. The molecule has 90 valence electrons. The van der Waals surface area contributed by atoms with Crippen LogP contribution in [0.4, 0.5) is 0 Å². The van der Waals surface area contributed by atoms with Crippen molar-refractivity contribution in [2.24, 2.45) is 0 Å². The van der Waals surface area contributed by atoms with E-state index in [-0.39, 0.29) is 22.9 Å². The minimum Gasteiger partial charge on any atom is -0.461 e. The van der Waals surface area contributed by atoms with Crippen LogP contribution in [0.3, 0.4) is 0 Å². The quantitative estimate of drug-likeness (QED) is 0.651. The molecule has 8 heteroatoms. The zero-order valence-corrected chi connectivity index (χ0v) is 10.4. The van der Waals surface area contributed by atoms with Gasteiger partial charge in [-0.3, -0.25) is 5.10 Å². The van der Waals surface area contributed by atoms with Crippen molar-refractivity contribution >= 4 is 25.7 Å². The number of carbonyl (C=O) groups excluding carboxylic acids is 1. The van der Waals surface area contributed by atoms with Gasteiger partial charge in [0, 0.05) is 10.7 Å². The molecule has 1 rings (SSSR count). The van der Waals surface area contributed by atoms with Crippen LogP contribution in [-0.2, 0) is 20.2 Å². The lowest BCUT2D eigenvalue weighted by Gasteiger charge is -2.00. The van der Waals surface area contributed by atoms with Gasteiger partial charge in [-0.25, -0.2) is 13.2 Å². The second-order valence-electron chi connectivity index (χ2n) is 2.89. The fourth-order valence-corrected chi connectivity index (χ4v) is 2.55. The highest BCUT2D eigenvalue weighted by Gasteiger charge is 2.28. The molecule has 1 heterocycles. The summed E-state index contributed by atoms with van der Waals surface area (Å²) in [7, 11) is 1.22. The Morgan fingerprint density at radius 1 is 1.50 bits per heavy atom. The standard InChI is InChI=1S/C8H11ClN2O4S/c1-3-5-7(16(9,13)14)6(11-10-5)8(12)15-4-2/h3-4H2,1-2H3,(H,10,11). The second-order valence-corrected chi connectivity index (χ2v) is 5.39. The summed E-state index contributed by atoms with van der Waals surface area (Å²) < 4.78 is 27.3. The zero-order valence-electron chi connectivity index (χ0n) is 8.78. The van der Waals surface area contributed by atoms with Gasteiger partial charge in [-0.1, -0.05) is 6.92 Å². The van der Waals surface area contributed by atoms with Crippen LogP contribution in [0, 0.1) is 0 Å². The molecule has 1 aromatic rings. The van der Waals surface area contributed by atoms with E-state index < -0.39 is 15.0 Å². The molecule has 0 aromatic carbocycles. The molecule has 0 atom stereocenters. The first-order valence-electron chi connectivity index (χ1n) is 4.60. The Kier molecular flexibility index (Phi) is 3.93. The number of aryl methyl sites for hydroxylation is 1. The summed E-state index contributed by atoms with van der Waals surface area (Å²) in [6.45, 7) is 3.46. The van der Waals surface area contributed by atoms with E-state index in [1.54, 1.807) is 13.8 Å². The van der Waals surface area contributed by atoms with E-state index in [0.29, 0.717) is 6.42 Å². The lowest BCUT2D eigenvalue weighted by molar-refractivity contribution is 0.0515. The largest absolute Gasteiger partial charge is 0.461 e. The molecule has 0 bridgehead atoms. The minimum atomic E-state index is -4.02. The Balaban J connectivity index is 3.31. The molecule has 0 aliphatic heterocycles. The van der Waals surface area contributed by atoms with Crippen molar-refractivity contribution in [1.82, 2.24) is 10.2 Å². The topological polar surface area (TPSA) is 89.1 Å². The number of halogens is 1. The molecule has 0 aliphatic rings. The number of hydrogen-bond donors (Lipinski definition) is 1. The number of carbonyl (C=O) groups is 1. The summed E-state index contributed by atoms with van der Waals surface area (Å²) in [5, 5.41) is 6.06. The van der Waals surface area contributed by atoms with Crippen molar-refractivity contribution in [1.29, 1.82) is 0 Å². The van der Waals surface area contributed by atoms with E-state index in [1.165, 1.54) is 0 Å². The summed E-state index contributed by atoms with van der Waals surface area (Å²) in [5.41, 5.74) is -0.00764. The van der Waals surface area contributed by atoms with Gasteiger partial charge in [0.15, 0.2) is 5.69 Å². The first kappa shape index (κ1) is 13.0. The number of esters is 1. The van der Waals surface area contributed by atoms with Crippen LogP contribution in [0.2, 0.25) is 0 Å². The molecule has 0 radical (unpaired) electrons. The average Bonchev–Trinajstić information content (AvgIpc) is 2.60. The summed E-state index contributed by atoms with van der Waals surface area (Å²) in [6, 6.07) is 0. The van der Waals surface area contributed by atoms with Gasteiger partial charge >= 0.3 is 5.97 Å². The van der Waals surface area contributed by atoms with Crippen LogP contribution in [0.25, 0.3) is 0 Å². The van der Waals surface area contributed by atoms with Gasteiger partial charge in [0.25, 0.3) is 9.05 Å². The highest BCUT2D eigenvalue weighted by Crippen LogP contribution is 2.23. The number of aromatic nitrogens is 2. The number of ether oxygens (including phenoxy) is 1. The van der Waals surface area contributed by atoms with Crippen molar-refractivity contribution in [2.75, 3.05) is 6.61 Å². The second kappa shape index (κ2) is 4.84. The molecule has 1 N–H and O–H groups in total. The summed E-state index contributed by atoms with van der Waals surface area (Å²) >= 11 is 0. The van der Waals surface area contributed by atoms with Crippen molar-refractivity contribution in [3.63, 3.8) is 0 Å². The van der Waals surface area contributed by atoms with Crippen LogP contribution in [-0.4, -0.2) is 31.2 Å². The fourth-order valence-electron chi connectivity index (χ4n) is 1.21. The molecule has 0 saturated carbocycles. The molecule has 0 fully saturated rings. The maximum Gasteiger partial charge on any atom is 0.360 e. The van der Waals surface area contributed by atoms with E-state index >= 15 is 0 Å². The lowest BCUT2D eigenvalue weighted by atomic mass is 10.3. The molecule has 0 spiro atoms. The number of nitrogens with zero attached hydrogens (tertiary/aromatic N) is 1. The third kappa shape index (κ3) is 2.53. The lowest BCUT2D eigenvalue weighted by Crippen LogP contribution is -2.09. The Morgan fingerprint density at radius 2 is 2.12 bits per heavy atom. The highest BCUT2D eigenvalue weighted by atomic mass is 35.7. The molecule has 6 nitrogen and oxygen atoms in total. The van der Waals surface area contributed by atoms with Crippen LogP contribution in [0.1, 0.15) is 30.0 Å². The van der Waals surface area contributed by atoms with E-state index in [0.717, 1.165) is 0 Å². The van der Waals surface area contributed by atoms with Gasteiger partial charge in [-0.05, 0) is 13.3 Å². The normalized spacial score (nSPS) is 11.4.